The van der Waals surface area contributed by atoms with E-state index < -0.39 is 17.6 Å². The molecule has 2 heterocycles. The van der Waals surface area contributed by atoms with E-state index in [0.29, 0.717) is 22.3 Å². The molecule has 1 aliphatic carbocycles. The van der Waals surface area contributed by atoms with Crippen LogP contribution >= 0.6 is 0 Å². The molecule has 4 aromatic rings. The Labute approximate surface area is 188 Å². The maximum atomic E-state index is 13.3. The maximum Gasteiger partial charge on any atom is 0.416 e. The fourth-order valence-corrected chi connectivity index (χ4v) is 3.91. The highest BCUT2D eigenvalue weighted by Gasteiger charge is 2.31. The van der Waals surface area contributed by atoms with Gasteiger partial charge in [-0.1, -0.05) is 23.8 Å². The second kappa shape index (κ2) is 7.72. The van der Waals surface area contributed by atoms with Gasteiger partial charge < -0.3 is 5.32 Å². The molecule has 0 saturated heterocycles. The van der Waals surface area contributed by atoms with Gasteiger partial charge in [0.25, 0.3) is 5.91 Å². The molecule has 33 heavy (non-hydrogen) atoms. The number of carbonyl (C=O) groups is 1. The lowest BCUT2D eigenvalue weighted by Gasteiger charge is -2.12. The Balaban J connectivity index is 1.60. The second-order valence-electron chi connectivity index (χ2n) is 8.43. The van der Waals surface area contributed by atoms with E-state index in [2.05, 4.69) is 10.4 Å². The maximum absolute atomic E-state index is 13.3. The van der Waals surface area contributed by atoms with Crippen LogP contribution in [0.1, 0.15) is 51.6 Å². The van der Waals surface area contributed by atoms with E-state index in [1.165, 1.54) is 12.1 Å². The summed E-state index contributed by atoms with van der Waals surface area (Å²) in [5, 5.41) is 7.85. The Kier molecular flexibility index (Phi) is 4.96. The van der Waals surface area contributed by atoms with Crippen LogP contribution in [0.15, 0.2) is 54.6 Å². The first-order chi connectivity index (χ1) is 15.7. The molecule has 1 aliphatic rings. The van der Waals surface area contributed by atoms with Crippen LogP contribution in [0.2, 0.25) is 0 Å². The molecule has 1 saturated carbocycles. The standard InChI is InChI=1S/C25H21F3N4O/c1-14-6-10-19(11-7-14)32-23-22(15(2)31-32)20(13-21(30-23)16-8-9-16)24(33)29-18-5-3-4-17(12-18)25(26,27)28/h3-7,10-13,16H,8-9H2,1-2H3,(H,29,33). The van der Waals surface area contributed by atoms with Crippen LogP contribution in [-0.2, 0) is 6.18 Å². The van der Waals surface area contributed by atoms with Gasteiger partial charge in [-0.2, -0.15) is 18.3 Å². The molecule has 0 spiro atoms. The van der Waals surface area contributed by atoms with Crippen molar-refractivity contribution in [1.29, 1.82) is 0 Å². The molecule has 0 unspecified atom stereocenters. The lowest BCUT2D eigenvalue weighted by atomic mass is 10.1. The van der Waals surface area contributed by atoms with Crippen molar-refractivity contribution in [2.24, 2.45) is 0 Å². The van der Waals surface area contributed by atoms with Crippen LogP contribution < -0.4 is 5.32 Å². The second-order valence-corrected chi connectivity index (χ2v) is 8.43. The van der Waals surface area contributed by atoms with Gasteiger partial charge in [0.15, 0.2) is 5.65 Å². The zero-order valence-corrected chi connectivity index (χ0v) is 18.1. The molecule has 2 aromatic carbocycles. The van der Waals surface area contributed by atoms with Crippen molar-refractivity contribution in [3.8, 4) is 5.69 Å². The molecule has 1 N–H and O–H groups in total. The van der Waals surface area contributed by atoms with Crippen molar-refractivity contribution >= 4 is 22.6 Å². The van der Waals surface area contributed by atoms with Gasteiger partial charge in [-0.05, 0) is 63.1 Å². The topological polar surface area (TPSA) is 59.8 Å². The van der Waals surface area contributed by atoms with Crippen LogP contribution in [0.4, 0.5) is 18.9 Å². The normalized spacial score (nSPS) is 14.0. The van der Waals surface area contributed by atoms with Crippen molar-refractivity contribution < 1.29 is 18.0 Å². The Morgan fingerprint density at radius 3 is 2.45 bits per heavy atom. The van der Waals surface area contributed by atoms with Crippen LogP contribution in [-0.4, -0.2) is 20.7 Å². The van der Waals surface area contributed by atoms with Crippen molar-refractivity contribution in [2.75, 3.05) is 5.32 Å². The van der Waals surface area contributed by atoms with Crippen LogP contribution in [0.5, 0.6) is 0 Å². The third-order valence-corrected chi connectivity index (χ3v) is 5.80. The van der Waals surface area contributed by atoms with Gasteiger partial charge in [0.2, 0.25) is 0 Å². The number of aromatic nitrogens is 3. The molecule has 0 radical (unpaired) electrons. The van der Waals surface area contributed by atoms with E-state index in [1.54, 1.807) is 17.7 Å². The summed E-state index contributed by atoms with van der Waals surface area (Å²) in [5.41, 5.74) is 3.53. The van der Waals surface area contributed by atoms with Crippen LogP contribution in [0.3, 0.4) is 0 Å². The summed E-state index contributed by atoms with van der Waals surface area (Å²) in [6.45, 7) is 3.79. The molecule has 1 fully saturated rings. The van der Waals surface area contributed by atoms with Crippen LogP contribution in [0, 0.1) is 13.8 Å². The number of amides is 1. The number of hydrogen-bond acceptors (Lipinski definition) is 3. The largest absolute Gasteiger partial charge is 0.416 e. The molecule has 0 atom stereocenters. The smallest absolute Gasteiger partial charge is 0.322 e. The third-order valence-electron chi connectivity index (χ3n) is 5.80. The number of pyridine rings is 1. The Morgan fingerprint density at radius 1 is 1.06 bits per heavy atom. The predicted octanol–water partition coefficient (Wildman–Crippen LogP) is 6.19. The average molecular weight is 450 g/mol. The number of alkyl halides is 3. The molecule has 2 aromatic heterocycles. The van der Waals surface area contributed by atoms with Gasteiger partial charge in [-0.25, -0.2) is 9.67 Å². The number of benzene rings is 2. The Bertz CT molecular complexity index is 1370. The highest BCUT2D eigenvalue weighted by molar-refractivity contribution is 6.13. The molecule has 5 rings (SSSR count). The number of rotatable bonds is 4. The zero-order chi connectivity index (χ0) is 23.3. The van der Waals surface area contributed by atoms with Gasteiger partial charge in [0.1, 0.15) is 0 Å². The molecule has 1 amide bonds. The number of aryl methyl sites for hydroxylation is 2. The lowest BCUT2D eigenvalue weighted by molar-refractivity contribution is -0.137. The summed E-state index contributed by atoms with van der Waals surface area (Å²) in [6, 6.07) is 14.2. The predicted molar refractivity (Wildman–Crippen MR) is 120 cm³/mol. The third kappa shape index (κ3) is 4.08. The van der Waals surface area contributed by atoms with Gasteiger partial charge in [-0.3, -0.25) is 4.79 Å². The van der Waals surface area contributed by atoms with Crippen molar-refractivity contribution in [2.45, 2.75) is 38.8 Å². The van der Waals surface area contributed by atoms with Crippen molar-refractivity contribution in [3.05, 3.63) is 82.7 Å². The molecule has 168 valence electrons. The summed E-state index contributed by atoms with van der Waals surface area (Å²) in [5.74, 6) is -0.216. The molecule has 5 nitrogen and oxygen atoms in total. The minimum absolute atomic E-state index is 0.0799. The molecular weight excluding hydrogens is 429 g/mol. The summed E-state index contributed by atoms with van der Waals surface area (Å²) in [6.07, 6.45) is -2.51. The van der Waals surface area contributed by atoms with E-state index >= 15 is 0 Å². The van der Waals surface area contributed by atoms with Gasteiger partial charge >= 0.3 is 6.18 Å². The quantitative estimate of drug-likeness (QED) is 0.404. The van der Waals surface area contributed by atoms with E-state index in [1.807, 2.05) is 31.2 Å². The van der Waals surface area contributed by atoms with Crippen molar-refractivity contribution in [3.63, 3.8) is 0 Å². The van der Waals surface area contributed by atoms with Gasteiger partial charge in [0, 0.05) is 17.3 Å². The minimum Gasteiger partial charge on any atom is -0.322 e. The number of fused-ring (bicyclic) bond motifs is 1. The summed E-state index contributed by atoms with van der Waals surface area (Å²) in [4.78, 5) is 18.1. The average Bonchev–Trinajstić information content (AvgIpc) is 3.57. The monoisotopic (exact) mass is 450 g/mol. The van der Waals surface area contributed by atoms with Gasteiger partial charge in [-0.15, -0.1) is 0 Å². The van der Waals surface area contributed by atoms with Crippen LogP contribution in [0.25, 0.3) is 16.7 Å². The summed E-state index contributed by atoms with van der Waals surface area (Å²) in [7, 11) is 0. The van der Waals surface area contributed by atoms with Crippen molar-refractivity contribution in [1.82, 2.24) is 14.8 Å². The molecular formula is C25H21F3N4O. The number of nitrogens with zero attached hydrogens (tertiary/aromatic N) is 3. The first kappa shape index (κ1) is 21.2. The zero-order valence-electron chi connectivity index (χ0n) is 18.1. The number of halogens is 3. The SMILES string of the molecule is Cc1ccc(-n2nc(C)c3c(C(=O)Nc4cccc(C(F)(F)F)c4)cc(C4CC4)nc32)cc1. The first-order valence-electron chi connectivity index (χ1n) is 10.7. The van der Waals surface area contributed by atoms with Gasteiger partial charge in [0.05, 0.1) is 27.9 Å². The number of hydrogen-bond donors (Lipinski definition) is 1. The Morgan fingerprint density at radius 2 is 1.79 bits per heavy atom. The van der Waals surface area contributed by atoms with E-state index in [4.69, 9.17) is 4.98 Å². The lowest BCUT2D eigenvalue weighted by Crippen LogP contribution is -2.14. The van der Waals surface area contributed by atoms with E-state index in [-0.39, 0.29) is 11.6 Å². The van der Waals surface area contributed by atoms with E-state index in [9.17, 15) is 18.0 Å². The number of nitrogens with one attached hydrogen (secondary N) is 1. The minimum atomic E-state index is -4.49. The fourth-order valence-electron chi connectivity index (χ4n) is 3.91. The fraction of sp³-hybridized carbons (Fsp3) is 0.240. The number of anilines is 1. The highest BCUT2D eigenvalue weighted by Crippen LogP contribution is 2.41. The number of carbonyl (C=O) groups excluding carboxylic acids is 1. The molecule has 0 bridgehead atoms. The Hall–Kier alpha value is -3.68. The first-order valence-corrected chi connectivity index (χ1v) is 10.7. The highest BCUT2D eigenvalue weighted by atomic mass is 19.4. The molecule has 0 aliphatic heterocycles. The molecule has 8 heteroatoms. The summed E-state index contributed by atoms with van der Waals surface area (Å²) < 4.78 is 41.0. The summed E-state index contributed by atoms with van der Waals surface area (Å²) >= 11 is 0. The van der Waals surface area contributed by atoms with E-state index in [0.717, 1.165) is 41.9 Å².